The predicted molar refractivity (Wildman–Crippen MR) is 105 cm³/mol. The number of methoxy groups -OCH3 is 2. The molecule has 1 aromatic carbocycles. The van der Waals surface area contributed by atoms with E-state index in [1.54, 1.807) is 16.7 Å². The van der Waals surface area contributed by atoms with Gasteiger partial charge in [-0.15, -0.1) is 10.2 Å². The number of ether oxygens (including phenoxy) is 3. The summed E-state index contributed by atoms with van der Waals surface area (Å²) in [6, 6.07) is 7.51. The van der Waals surface area contributed by atoms with Crippen LogP contribution in [-0.4, -0.2) is 59.5 Å². The Morgan fingerprint density at radius 3 is 2.76 bits per heavy atom. The van der Waals surface area contributed by atoms with Gasteiger partial charge in [0.25, 0.3) is 0 Å². The molecule has 2 aliphatic rings. The highest BCUT2D eigenvalue weighted by molar-refractivity contribution is 7.99. The normalized spacial score (nSPS) is 18.6. The van der Waals surface area contributed by atoms with Gasteiger partial charge >= 0.3 is 11.9 Å². The van der Waals surface area contributed by atoms with Gasteiger partial charge < -0.3 is 23.7 Å². The summed E-state index contributed by atoms with van der Waals surface area (Å²) in [6.45, 7) is 3.05. The Bertz CT molecular complexity index is 1000. The summed E-state index contributed by atoms with van der Waals surface area (Å²) in [5.74, 6) is -0.506. The van der Waals surface area contributed by atoms with Gasteiger partial charge in [0.15, 0.2) is 11.0 Å². The van der Waals surface area contributed by atoms with Crippen LogP contribution in [0.5, 0.6) is 0 Å². The number of thioether (sulfide) groups is 1. The van der Waals surface area contributed by atoms with Crippen molar-refractivity contribution in [2.45, 2.75) is 23.9 Å². The van der Waals surface area contributed by atoms with E-state index in [2.05, 4.69) is 21.7 Å². The van der Waals surface area contributed by atoms with Gasteiger partial charge in [-0.3, -0.25) is 0 Å². The second-order valence-corrected chi connectivity index (χ2v) is 8.02. The Morgan fingerprint density at radius 2 is 2.00 bits per heavy atom. The number of hydrogen-bond donors (Lipinski definition) is 0. The standard InChI is InChI=1S/C19H20N4O5S/c1-11-8-22-16(20-21-19(22)29-11)12-5-4-6-13(7-12)23-10-28-9-14(17(24)26-2)15(23)18(25)27-3/h4-7,11H,8-10H2,1-3H3. The maximum absolute atomic E-state index is 12.5. The van der Waals surface area contributed by atoms with Crippen LogP contribution in [0.4, 0.5) is 5.69 Å². The zero-order valence-electron chi connectivity index (χ0n) is 16.2. The van der Waals surface area contributed by atoms with E-state index >= 15 is 0 Å². The first kappa shape index (κ1) is 19.5. The molecule has 0 aliphatic carbocycles. The summed E-state index contributed by atoms with van der Waals surface area (Å²) in [7, 11) is 2.53. The van der Waals surface area contributed by atoms with Gasteiger partial charge in [-0.05, 0) is 12.1 Å². The quantitative estimate of drug-likeness (QED) is 0.692. The largest absolute Gasteiger partial charge is 0.466 e. The van der Waals surface area contributed by atoms with Crippen LogP contribution in [0.25, 0.3) is 11.4 Å². The summed E-state index contributed by atoms with van der Waals surface area (Å²) in [4.78, 5) is 26.2. The molecule has 0 amide bonds. The first-order valence-corrected chi connectivity index (χ1v) is 9.86. The van der Waals surface area contributed by atoms with Crippen molar-refractivity contribution >= 4 is 29.4 Å². The molecule has 0 N–H and O–H groups in total. The third-order valence-corrected chi connectivity index (χ3v) is 5.78. The molecule has 1 atom stereocenters. The number of carbonyl (C=O) groups excluding carboxylic acids is 2. The maximum Gasteiger partial charge on any atom is 0.355 e. The van der Waals surface area contributed by atoms with Crippen molar-refractivity contribution in [2.75, 3.05) is 32.5 Å². The number of rotatable bonds is 4. The molecule has 152 valence electrons. The van der Waals surface area contributed by atoms with Gasteiger partial charge in [0.1, 0.15) is 12.4 Å². The fraction of sp³-hybridized carbons (Fsp3) is 0.368. The van der Waals surface area contributed by atoms with Crippen LogP contribution in [-0.2, 0) is 30.3 Å². The first-order chi connectivity index (χ1) is 14.0. The van der Waals surface area contributed by atoms with Crippen LogP contribution in [0.15, 0.2) is 40.7 Å². The molecule has 0 saturated heterocycles. The number of fused-ring (bicyclic) bond motifs is 1. The number of carbonyl (C=O) groups is 2. The zero-order valence-corrected chi connectivity index (χ0v) is 17.1. The van der Waals surface area contributed by atoms with E-state index in [9.17, 15) is 9.59 Å². The number of anilines is 1. The predicted octanol–water partition coefficient (Wildman–Crippen LogP) is 1.83. The highest BCUT2D eigenvalue weighted by Gasteiger charge is 2.33. The lowest BCUT2D eigenvalue weighted by Crippen LogP contribution is -2.38. The molecule has 1 aromatic heterocycles. The molecule has 4 rings (SSSR count). The second kappa shape index (κ2) is 7.88. The molecule has 2 aromatic rings. The molecule has 1 unspecified atom stereocenters. The minimum absolute atomic E-state index is 0.0277. The average Bonchev–Trinajstić information content (AvgIpc) is 3.31. The van der Waals surface area contributed by atoms with E-state index in [0.717, 1.165) is 23.1 Å². The fourth-order valence-electron chi connectivity index (χ4n) is 3.39. The topological polar surface area (TPSA) is 95.8 Å². The number of aromatic nitrogens is 3. The molecular formula is C19H20N4O5S. The van der Waals surface area contributed by atoms with Crippen molar-refractivity contribution in [2.24, 2.45) is 0 Å². The second-order valence-electron chi connectivity index (χ2n) is 6.61. The van der Waals surface area contributed by atoms with Crippen LogP contribution in [0, 0.1) is 0 Å². The van der Waals surface area contributed by atoms with Crippen molar-refractivity contribution in [1.82, 2.24) is 14.8 Å². The molecule has 0 fully saturated rings. The molecule has 10 heteroatoms. The zero-order chi connectivity index (χ0) is 20.5. The van der Waals surface area contributed by atoms with Crippen LogP contribution >= 0.6 is 11.8 Å². The number of esters is 2. The monoisotopic (exact) mass is 416 g/mol. The smallest absolute Gasteiger partial charge is 0.355 e. The summed E-state index contributed by atoms with van der Waals surface area (Å²) in [5, 5.41) is 9.91. The van der Waals surface area contributed by atoms with Crippen LogP contribution in [0.1, 0.15) is 6.92 Å². The van der Waals surface area contributed by atoms with Gasteiger partial charge in [0.05, 0.1) is 26.4 Å². The Labute approximate surface area is 171 Å². The highest BCUT2D eigenvalue weighted by atomic mass is 32.2. The molecule has 0 spiro atoms. The van der Waals surface area contributed by atoms with Crippen molar-refractivity contribution in [3.8, 4) is 11.4 Å². The molecule has 0 radical (unpaired) electrons. The summed E-state index contributed by atoms with van der Waals surface area (Å²) < 4.78 is 17.3. The fourth-order valence-corrected chi connectivity index (χ4v) is 4.35. The average molecular weight is 416 g/mol. The van der Waals surface area contributed by atoms with Gasteiger partial charge in [0, 0.05) is 23.0 Å². The first-order valence-electron chi connectivity index (χ1n) is 8.98. The molecule has 9 nitrogen and oxygen atoms in total. The van der Waals surface area contributed by atoms with Gasteiger partial charge in [-0.1, -0.05) is 30.8 Å². The van der Waals surface area contributed by atoms with Gasteiger partial charge in [-0.2, -0.15) is 0 Å². The van der Waals surface area contributed by atoms with Crippen LogP contribution in [0.3, 0.4) is 0 Å². The molecule has 3 heterocycles. The van der Waals surface area contributed by atoms with E-state index in [4.69, 9.17) is 14.2 Å². The Kier molecular flexibility index (Phi) is 5.29. The van der Waals surface area contributed by atoms with E-state index in [1.165, 1.54) is 14.2 Å². The van der Waals surface area contributed by atoms with Crippen molar-refractivity contribution in [1.29, 1.82) is 0 Å². The lowest BCUT2D eigenvalue weighted by atomic mass is 10.1. The van der Waals surface area contributed by atoms with E-state index in [1.807, 2.05) is 24.3 Å². The Hall–Kier alpha value is -2.85. The van der Waals surface area contributed by atoms with Gasteiger partial charge in [-0.25, -0.2) is 9.59 Å². The van der Waals surface area contributed by atoms with Crippen molar-refractivity contribution < 1.29 is 23.8 Å². The minimum atomic E-state index is -0.632. The molecule has 0 saturated carbocycles. The Morgan fingerprint density at radius 1 is 1.21 bits per heavy atom. The van der Waals surface area contributed by atoms with Gasteiger partial charge in [0.2, 0.25) is 0 Å². The van der Waals surface area contributed by atoms with E-state index in [0.29, 0.717) is 10.9 Å². The van der Waals surface area contributed by atoms with E-state index < -0.39 is 11.9 Å². The number of benzene rings is 1. The summed E-state index contributed by atoms with van der Waals surface area (Å²) in [5.41, 5.74) is 1.74. The summed E-state index contributed by atoms with van der Waals surface area (Å²) in [6.07, 6.45) is 0. The highest BCUT2D eigenvalue weighted by Crippen LogP contribution is 2.35. The Balaban J connectivity index is 1.76. The molecular weight excluding hydrogens is 396 g/mol. The lowest BCUT2D eigenvalue weighted by Gasteiger charge is -2.31. The maximum atomic E-state index is 12.5. The molecule has 2 aliphatic heterocycles. The molecule has 0 bridgehead atoms. The lowest BCUT2D eigenvalue weighted by molar-refractivity contribution is -0.140. The van der Waals surface area contributed by atoms with E-state index in [-0.39, 0.29) is 24.6 Å². The SMILES string of the molecule is COC(=O)C1=C(C(=O)OC)N(c2cccc(-c3nnc4n3CC(C)S4)c2)COC1. The van der Waals surface area contributed by atoms with Crippen LogP contribution in [0.2, 0.25) is 0 Å². The van der Waals surface area contributed by atoms with Crippen molar-refractivity contribution in [3.63, 3.8) is 0 Å². The number of hydrogen-bond acceptors (Lipinski definition) is 9. The van der Waals surface area contributed by atoms with Crippen LogP contribution < -0.4 is 4.90 Å². The molecule has 29 heavy (non-hydrogen) atoms. The van der Waals surface area contributed by atoms with Crippen molar-refractivity contribution in [3.05, 3.63) is 35.5 Å². The summed E-state index contributed by atoms with van der Waals surface area (Å²) >= 11 is 1.69. The third kappa shape index (κ3) is 3.49. The minimum Gasteiger partial charge on any atom is -0.466 e. The third-order valence-electron chi connectivity index (χ3n) is 4.71. The number of nitrogens with zero attached hydrogens (tertiary/aromatic N) is 4.